The van der Waals surface area contributed by atoms with Crippen LogP contribution in [0.3, 0.4) is 0 Å². The van der Waals surface area contributed by atoms with E-state index in [4.69, 9.17) is 0 Å². The summed E-state index contributed by atoms with van der Waals surface area (Å²) in [5, 5.41) is 3.43. The summed E-state index contributed by atoms with van der Waals surface area (Å²) in [6.07, 6.45) is 4.60. The minimum absolute atomic E-state index is 0.570. The molecule has 2 heterocycles. The Balaban J connectivity index is 1.86. The lowest BCUT2D eigenvalue weighted by Crippen LogP contribution is -2.45. The van der Waals surface area contributed by atoms with E-state index < -0.39 is 0 Å². The molecule has 3 nitrogen and oxygen atoms in total. The fourth-order valence-electron chi connectivity index (χ4n) is 2.74. The van der Waals surface area contributed by atoms with Gasteiger partial charge in [0.15, 0.2) is 0 Å². The number of nitrogens with one attached hydrogen (secondary N) is 1. The van der Waals surface area contributed by atoms with Crippen LogP contribution in [0, 0.1) is 5.92 Å². The van der Waals surface area contributed by atoms with E-state index in [1.807, 2.05) is 6.20 Å². The maximum absolute atomic E-state index is 4.38. The number of pyridine rings is 1. The quantitative estimate of drug-likeness (QED) is 0.867. The van der Waals surface area contributed by atoms with Gasteiger partial charge >= 0.3 is 0 Å². The lowest BCUT2D eigenvalue weighted by Gasteiger charge is -2.35. The molecule has 0 radical (unpaired) electrons. The number of halogens is 1. The van der Waals surface area contributed by atoms with E-state index in [-0.39, 0.29) is 0 Å². The largest absolute Gasteiger partial charge is 0.314 e. The average molecular weight is 296 g/mol. The fraction of sp³-hybridized carbons (Fsp3) is 0.615. The van der Waals surface area contributed by atoms with E-state index in [9.17, 15) is 0 Å². The Morgan fingerprint density at radius 1 is 1.35 bits per heavy atom. The number of aromatic nitrogens is 1. The van der Waals surface area contributed by atoms with Crippen molar-refractivity contribution in [2.45, 2.75) is 18.9 Å². The number of nitrogens with zero attached hydrogens (tertiary/aromatic N) is 2. The highest BCUT2D eigenvalue weighted by molar-refractivity contribution is 9.10. The van der Waals surface area contributed by atoms with Crippen LogP contribution in [0.2, 0.25) is 0 Å². The van der Waals surface area contributed by atoms with E-state index >= 15 is 0 Å². The van der Waals surface area contributed by atoms with Crippen LogP contribution < -0.4 is 5.32 Å². The van der Waals surface area contributed by atoms with Crippen molar-refractivity contribution in [3.05, 3.63) is 28.5 Å². The molecule has 4 heteroatoms. The normalized spacial score (nSPS) is 23.6. The van der Waals surface area contributed by atoms with Crippen LogP contribution in [-0.2, 0) is 0 Å². The molecule has 2 aliphatic rings. The first-order valence-corrected chi connectivity index (χ1v) is 7.21. The first kappa shape index (κ1) is 11.6. The second-order valence-corrected chi connectivity index (χ2v) is 5.70. The van der Waals surface area contributed by atoms with Crippen LogP contribution in [0.4, 0.5) is 0 Å². The highest BCUT2D eigenvalue weighted by Crippen LogP contribution is 2.45. The molecule has 0 aromatic carbocycles. The molecule has 17 heavy (non-hydrogen) atoms. The molecule has 1 aromatic rings. The van der Waals surface area contributed by atoms with E-state index in [2.05, 4.69) is 43.3 Å². The first-order chi connectivity index (χ1) is 8.36. The number of piperazine rings is 1. The van der Waals surface area contributed by atoms with Gasteiger partial charge in [-0.3, -0.25) is 4.90 Å². The molecule has 1 aliphatic heterocycles. The van der Waals surface area contributed by atoms with Crippen molar-refractivity contribution in [2.75, 3.05) is 26.2 Å². The number of hydrogen-bond acceptors (Lipinski definition) is 3. The predicted molar refractivity (Wildman–Crippen MR) is 71.8 cm³/mol. The van der Waals surface area contributed by atoms with Crippen molar-refractivity contribution < 1.29 is 0 Å². The third-order valence-electron chi connectivity index (χ3n) is 3.72. The van der Waals surface area contributed by atoms with Crippen molar-refractivity contribution in [3.8, 4) is 0 Å². The maximum Gasteiger partial charge on any atom is 0.110 e. The molecule has 1 saturated heterocycles. The molecular weight excluding hydrogens is 278 g/mol. The molecule has 0 bridgehead atoms. The summed E-state index contributed by atoms with van der Waals surface area (Å²) in [6, 6.07) is 4.85. The standard InChI is InChI=1S/C13H18BrN3/c14-13-11(2-1-5-16-13)12(10-3-4-10)17-8-6-15-7-9-17/h1-2,5,10,12,15H,3-4,6-9H2/t12-/m0/s1. The highest BCUT2D eigenvalue weighted by atomic mass is 79.9. The first-order valence-electron chi connectivity index (χ1n) is 6.41. The molecule has 2 fully saturated rings. The highest BCUT2D eigenvalue weighted by Gasteiger charge is 2.37. The minimum atomic E-state index is 0.570. The summed E-state index contributed by atoms with van der Waals surface area (Å²) in [5.41, 5.74) is 1.37. The molecule has 92 valence electrons. The Labute approximate surface area is 111 Å². The molecule has 1 N–H and O–H groups in total. The number of hydrogen-bond donors (Lipinski definition) is 1. The van der Waals surface area contributed by atoms with Gasteiger partial charge in [-0.15, -0.1) is 0 Å². The van der Waals surface area contributed by atoms with Gasteiger partial charge in [0.05, 0.1) is 0 Å². The third kappa shape index (κ3) is 2.54. The Bertz CT molecular complexity index is 386. The molecular formula is C13H18BrN3. The predicted octanol–water partition coefficient (Wildman–Crippen LogP) is 2.20. The van der Waals surface area contributed by atoms with Gasteiger partial charge in [0, 0.05) is 44.0 Å². The van der Waals surface area contributed by atoms with Gasteiger partial charge in [-0.25, -0.2) is 4.98 Å². The smallest absolute Gasteiger partial charge is 0.110 e. The summed E-state index contributed by atoms with van der Waals surface area (Å²) in [7, 11) is 0. The van der Waals surface area contributed by atoms with Gasteiger partial charge in [0.25, 0.3) is 0 Å². The zero-order valence-corrected chi connectivity index (χ0v) is 11.5. The lowest BCUT2D eigenvalue weighted by atomic mass is 10.0. The zero-order valence-electron chi connectivity index (χ0n) is 9.90. The molecule has 0 amide bonds. The fourth-order valence-corrected chi connectivity index (χ4v) is 3.23. The Morgan fingerprint density at radius 2 is 2.12 bits per heavy atom. The Morgan fingerprint density at radius 3 is 2.76 bits per heavy atom. The van der Waals surface area contributed by atoms with Gasteiger partial charge in [0.1, 0.15) is 4.60 Å². The van der Waals surface area contributed by atoms with Crippen LogP contribution in [0.1, 0.15) is 24.4 Å². The Hall–Kier alpha value is -0.450. The van der Waals surface area contributed by atoms with Crippen LogP contribution in [0.25, 0.3) is 0 Å². The van der Waals surface area contributed by atoms with Crippen molar-refractivity contribution in [2.24, 2.45) is 5.92 Å². The van der Waals surface area contributed by atoms with Crippen molar-refractivity contribution in [1.29, 1.82) is 0 Å². The molecule has 1 atom stereocenters. The van der Waals surface area contributed by atoms with Gasteiger partial charge in [0.2, 0.25) is 0 Å². The summed E-state index contributed by atoms with van der Waals surface area (Å²) < 4.78 is 1.02. The van der Waals surface area contributed by atoms with Crippen molar-refractivity contribution in [1.82, 2.24) is 15.2 Å². The van der Waals surface area contributed by atoms with Crippen LogP contribution >= 0.6 is 15.9 Å². The summed E-state index contributed by atoms with van der Waals surface area (Å²) >= 11 is 3.61. The molecule has 1 aromatic heterocycles. The third-order valence-corrected chi connectivity index (χ3v) is 4.38. The molecule has 3 rings (SSSR count). The van der Waals surface area contributed by atoms with Crippen LogP contribution in [-0.4, -0.2) is 36.1 Å². The maximum atomic E-state index is 4.38. The van der Waals surface area contributed by atoms with Gasteiger partial charge in [-0.1, -0.05) is 6.07 Å². The van der Waals surface area contributed by atoms with Crippen LogP contribution in [0.5, 0.6) is 0 Å². The lowest BCUT2D eigenvalue weighted by molar-refractivity contribution is 0.155. The van der Waals surface area contributed by atoms with E-state index in [0.717, 1.165) is 36.7 Å². The van der Waals surface area contributed by atoms with Crippen molar-refractivity contribution >= 4 is 15.9 Å². The van der Waals surface area contributed by atoms with Crippen molar-refractivity contribution in [3.63, 3.8) is 0 Å². The topological polar surface area (TPSA) is 28.2 Å². The van der Waals surface area contributed by atoms with Gasteiger partial charge in [-0.2, -0.15) is 0 Å². The zero-order chi connectivity index (χ0) is 11.7. The van der Waals surface area contributed by atoms with Crippen LogP contribution in [0.15, 0.2) is 22.9 Å². The summed E-state index contributed by atoms with van der Waals surface area (Å²) in [6.45, 7) is 4.53. The number of rotatable bonds is 3. The molecule has 0 spiro atoms. The van der Waals surface area contributed by atoms with Gasteiger partial charge in [-0.05, 0) is 40.8 Å². The van der Waals surface area contributed by atoms with E-state index in [0.29, 0.717) is 6.04 Å². The van der Waals surface area contributed by atoms with Gasteiger partial charge < -0.3 is 5.32 Å². The second kappa shape index (κ2) is 5.04. The SMILES string of the molecule is Brc1ncccc1[C@H](C1CC1)N1CCNCC1. The summed E-state index contributed by atoms with van der Waals surface area (Å²) in [5.74, 6) is 0.841. The molecule has 1 aliphatic carbocycles. The Kier molecular flexibility index (Phi) is 3.45. The second-order valence-electron chi connectivity index (χ2n) is 4.95. The van der Waals surface area contributed by atoms with E-state index in [1.54, 1.807) is 0 Å². The average Bonchev–Trinajstić information content (AvgIpc) is 3.18. The monoisotopic (exact) mass is 295 g/mol. The minimum Gasteiger partial charge on any atom is -0.314 e. The summed E-state index contributed by atoms with van der Waals surface area (Å²) in [4.78, 5) is 7.00. The molecule has 1 saturated carbocycles. The van der Waals surface area contributed by atoms with E-state index in [1.165, 1.54) is 18.4 Å². The molecule has 0 unspecified atom stereocenters.